The van der Waals surface area contributed by atoms with Crippen molar-refractivity contribution in [3.63, 3.8) is 0 Å². The van der Waals surface area contributed by atoms with Crippen LogP contribution in [0.4, 0.5) is 4.39 Å². The zero-order valence-electron chi connectivity index (χ0n) is 15.4. The Morgan fingerprint density at radius 3 is 2.72 bits per heavy atom. The molecule has 0 radical (unpaired) electrons. The van der Waals surface area contributed by atoms with Crippen molar-refractivity contribution < 1.29 is 18.1 Å². The third kappa shape index (κ3) is 4.34. The summed E-state index contributed by atoms with van der Waals surface area (Å²) in [4.78, 5) is 24.9. The Balaban J connectivity index is 1.35. The fraction of sp³-hybridized carbons (Fsp3) is 0.150. The lowest BCUT2D eigenvalue weighted by atomic mass is 10.2. The highest BCUT2D eigenvalue weighted by molar-refractivity contribution is 5.94. The number of carbonyl (C=O) groups excluding carboxylic acids is 1. The van der Waals surface area contributed by atoms with Gasteiger partial charge in [0.2, 0.25) is 17.6 Å². The van der Waals surface area contributed by atoms with Gasteiger partial charge >= 0.3 is 0 Å². The summed E-state index contributed by atoms with van der Waals surface area (Å²) < 4.78 is 23.4. The molecule has 0 unspecified atom stereocenters. The van der Waals surface area contributed by atoms with Crippen molar-refractivity contribution in [1.82, 2.24) is 25.4 Å². The normalized spacial score (nSPS) is 10.8. The Morgan fingerprint density at radius 2 is 1.97 bits per heavy atom. The molecule has 1 aromatic carbocycles. The van der Waals surface area contributed by atoms with E-state index in [2.05, 4.69) is 25.4 Å². The second-order valence-corrected chi connectivity index (χ2v) is 6.26. The molecule has 4 rings (SSSR count). The molecule has 4 aromatic rings. The minimum Gasteiger partial charge on any atom is -0.444 e. The molecule has 1 N–H and O–H groups in total. The number of oxazole rings is 1. The van der Waals surface area contributed by atoms with Gasteiger partial charge in [-0.3, -0.25) is 9.78 Å². The first-order valence-corrected chi connectivity index (χ1v) is 8.83. The van der Waals surface area contributed by atoms with Gasteiger partial charge in [-0.2, -0.15) is 4.98 Å². The number of amides is 1. The van der Waals surface area contributed by atoms with Crippen LogP contribution >= 0.6 is 0 Å². The van der Waals surface area contributed by atoms with Crippen LogP contribution in [0.5, 0.6) is 0 Å². The molecule has 0 spiro atoms. The van der Waals surface area contributed by atoms with Crippen molar-refractivity contribution in [3.8, 4) is 22.8 Å². The Morgan fingerprint density at radius 1 is 1.14 bits per heavy atom. The number of hydrogen-bond acceptors (Lipinski definition) is 7. The molecule has 0 aliphatic heterocycles. The zero-order valence-corrected chi connectivity index (χ0v) is 15.4. The zero-order chi connectivity index (χ0) is 20.2. The van der Waals surface area contributed by atoms with Crippen LogP contribution in [0.25, 0.3) is 22.8 Å². The van der Waals surface area contributed by atoms with Gasteiger partial charge in [0.25, 0.3) is 5.91 Å². The fourth-order valence-corrected chi connectivity index (χ4v) is 2.66. The Bertz CT molecular complexity index is 1140. The maximum absolute atomic E-state index is 13.0. The van der Waals surface area contributed by atoms with Crippen LogP contribution in [0.1, 0.15) is 21.9 Å². The molecule has 0 saturated heterocycles. The molecule has 0 atom stereocenters. The lowest BCUT2D eigenvalue weighted by Crippen LogP contribution is -2.25. The highest BCUT2D eigenvalue weighted by atomic mass is 19.1. The summed E-state index contributed by atoms with van der Waals surface area (Å²) in [6.07, 6.45) is 5.03. The lowest BCUT2D eigenvalue weighted by molar-refractivity contribution is 0.0953. The topological polar surface area (TPSA) is 107 Å². The summed E-state index contributed by atoms with van der Waals surface area (Å²) in [5.41, 5.74) is 2.34. The summed E-state index contributed by atoms with van der Waals surface area (Å²) in [5.74, 6) is 0.611. The van der Waals surface area contributed by atoms with Gasteiger partial charge in [0.1, 0.15) is 12.1 Å². The number of carbonyl (C=O) groups is 1. The quantitative estimate of drug-likeness (QED) is 0.536. The molecule has 0 aliphatic rings. The number of aromatic nitrogens is 4. The average molecular weight is 393 g/mol. The number of nitrogens with zero attached hydrogens (tertiary/aromatic N) is 4. The highest BCUT2D eigenvalue weighted by Crippen LogP contribution is 2.19. The van der Waals surface area contributed by atoms with Crippen molar-refractivity contribution in [3.05, 3.63) is 72.0 Å². The van der Waals surface area contributed by atoms with E-state index in [-0.39, 0.29) is 11.7 Å². The molecule has 3 heterocycles. The van der Waals surface area contributed by atoms with E-state index in [1.54, 1.807) is 31.3 Å². The van der Waals surface area contributed by atoms with Crippen molar-refractivity contribution in [2.45, 2.75) is 13.3 Å². The van der Waals surface area contributed by atoms with Gasteiger partial charge in [-0.1, -0.05) is 5.16 Å². The number of benzene rings is 1. The van der Waals surface area contributed by atoms with E-state index in [1.165, 1.54) is 24.6 Å². The van der Waals surface area contributed by atoms with E-state index in [9.17, 15) is 9.18 Å². The van der Waals surface area contributed by atoms with Gasteiger partial charge in [-0.25, -0.2) is 9.37 Å². The van der Waals surface area contributed by atoms with E-state index < -0.39 is 0 Å². The molecule has 1 amide bonds. The molecule has 29 heavy (non-hydrogen) atoms. The predicted octanol–water partition coefficient (Wildman–Crippen LogP) is 3.21. The maximum atomic E-state index is 13.0. The van der Waals surface area contributed by atoms with Crippen LogP contribution in [0.2, 0.25) is 0 Å². The SMILES string of the molecule is Cc1nc(-c2cncc(C(=O)NCCc3coc(-c4ccc(F)cc4)n3)c2)no1. The second kappa shape index (κ2) is 8.01. The van der Waals surface area contributed by atoms with Crippen LogP contribution < -0.4 is 5.32 Å². The molecular formula is C20H16FN5O3. The Labute approximate surface area is 164 Å². The lowest BCUT2D eigenvalue weighted by Gasteiger charge is -2.04. The van der Waals surface area contributed by atoms with E-state index in [0.717, 1.165) is 0 Å². The third-order valence-corrected chi connectivity index (χ3v) is 4.10. The van der Waals surface area contributed by atoms with Crippen LogP contribution in [0, 0.1) is 12.7 Å². The fourth-order valence-electron chi connectivity index (χ4n) is 2.66. The Hall–Kier alpha value is -3.88. The summed E-state index contributed by atoms with van der Waals surface area (Å²) >= 11 is 0. The molecule has 146 valence electrons. The highest BCUT2D eigenvalue weighted by Gasteiger charge is 2.12. The largest absolute Gasteiger partial charge is 0.444 e. The summed E-state index contributed by atoms with van der Waals surface area (Å²) in [6.45, 7) is 2.05. The molecule has 8 nitrogen and oxygen atoms in total. The number of rotatable bonds is 6. The maximum Gasteiger partial charge on any atom is 0.252 e. The predicted molar refractivity (Wildman–Crippen MR) is 100 cm³/mol. The van der Waals surface area contributed by atoms with Crippen LogP contribution in [-0.2, 0) is 6.42 Å². The first-order valence-electron chi connectivity index (χ1n) is 8.83. The summed E-state index contributed by atoms with van der Waals surface area (Å²) in [6, 6.07) is 7.53. The molecule has 0 fully saturated rings. The van der Waals surface area contributed by atoms with E-state index in [1.807, 2.05) is 0 Å². The molecule has 0 aliphatic carbocycles. The molecule has 9 heteroatoms. The monoisotopic (exact) mass is 393 g/mol. The van der Waals surface area contributed by atoms with Crippen LogP contribution in [-0.4, -0.2) is 32.6 Å². The summed E-state index contributed by atoms with van der Waals surface area (Å²) in [7, 11) is 0. The third-order valence-electron chi connectivity index (χ3n) is 4.10. The number of halogens is 1. The smallest absolute Gasteiger partial charge is 0.252 e. The van der Waals surface area contributed by atoms with Gasteiger partial charge in [-0.05, 0) is 30.3 Å². The molecule has 3 aromatic heterocycles. The van der Waals surface area contributed by atoms with Crippen molar-refractivity contribution in [2.24, 2.45) is 0 Å². The van der Waals surface area contributed by atoms with E-state index >= 15 is 0 Å². The van der Waals surface area contributed by atoms with Gasteiger partial charge in [0.05, 0.1) is 11.3 Å². The van der Waals surface area contributed by atoms with Crippen molar-refractivity contribution in [1.29, 1.82) is 0 Å². The molecule has 0 saturated carbocycles. The molecule has 0 bridgehead atoms. The summed E-state index contributed by atoms with van der Waals surface area (Å²) in [5, 5.41) is 6.64. The molecular weight excluding hydrogens is 377 g/mol. The van der Waals surface area contributed by atoms with Crippen LogP contribution in [0.3, 0.4) is 0 Å². The second-order valence-electron chi connectivity index (χ2n) is 6.26. The van der Waals surface area contributed by atoms with Crippen LogP contribution in [0.15, 0.2) is 57.9 Å². The first-order chi connectivity index (χ1) is 14.1. The number of hydrogen-bond donors (Lipinski definition) is 1. The minimum atomic E-state index is -0.323. The van der Waals surface area contributed by atoms with Gasteiger partial charge in [0.15, 0.2) is 0 Å². The van der Waals surface area contributed by atoms with Gasteiger partial charge in [0, 0.05) is 43.4 Å². The van der Waals surface area contributed by atoms with E-state index in [0.29, 0.717) is 53.0 Å². The first kappa shape index (κ1) is 18.5. The minimum absolute atomic E-state index is 0.276. The standard InChI is InChI=1S/C20H16FN5O3/c1-12-24-18(26-29-12)14-8-15(10-22-9-14)19(27)23-7-6-17-11-28-20(25-17)13-2-4-16(21)5-3-13/h2-5,8-11H,6-7H2,1H3,(H,23,27). The van der Waals surface area contributed by atoms with Gasteiger partial charge in [-0.15, -0.1) is 0 Å². The number of nitrogens with one attached hydrogen (secondary N) is 1. The van der Waals surface area contributed by atoms with Gasteiger partial charge < -0.3 is 14.3 Å². The number of aryl methyl sites for hydroxylation is 1. The Kier molecular flexibility index (Phi) is 5.10. The average Bonchev–Trinajstić information content (AvgIpc) is 3.38. The van der Waals surface area contributed by atoms with E-state index in [4.69, 9.17) is 8.94 Å². The van der Waals surface area contributed by atoms with Crippen molar-refractivity contribution >= 4 is 5.91 Å². The number of pyridine rings is 1. The van der Waals surface area contributed by atoms with Crippen molar-refractivity contribution in [2.75, 3.05) is 6.54 Å².